The molecule has 1 aromatic rings. The predicted molar refractivity (Wildman–Crippen MR) is 74.8 cm³/mol. The van der Waals surface area contributed by atoms with Gasteiger partial charge >= 0.3 is 0 Å². The summed E-state index contributed by atoms with van der Waals surface area (Å²) in [4.78, 5) is 0. The SMILES string of the molecule is CCOc1ccccc1CNC(C)(CC)CCO. The fourth-order valence-corrected chi connectivity index (χ4v) is 1.89. The van der Waals surface area contributed by atoms with E-state index < -0.39 is 0 Å². The Morgan fingerprint density at radius 3 is 2.61 bits per heavy atom. The van der Waals surface area contributed by atoms with Crippen LogP contribution in [0.1, 0.15) is 39.2 Å². The Morgan fingerprint density at radius 2 is 2.00 bits per heavy atom. The third-order valence-electron chi connectivity index (χ3n) is 3.42. The van der Waals surface area contributed by atoms with Gasteiger partial charge in [0.25, 0.3) is 0 Å². The smallest absolute Gasteiger partial charge is 0.123 e. The number of aliphatic hydroxyl groups is 1. The number of para-hydroxylation sites is 1. The zero-order valence-corrected chi connectivity index (χ0v) is 11.7. The highest BCUT2D eigenvalue weighted by atomic mass is 16.5. The van der Waals surface area contributed by atoms with Crippen molar-refractivity contribution < 1.29 is 9.84 Å². The highest BCUT2D eigenvalue weighted by Crippen LogP contribution is 2.20. The van der Waals surface area contributed by atoms with E-state index in [1.807, 2.05) is 25.1 Å². The summed E-state index contributed by atoms with van der Waals surface area (Å²) in [6, 6.07) is 8.08. The molecule has 0 heterocycles. The molecule has 0 aliphatic rings. The van der Waals surface area contributed by atoms with E-state index in [1.54, 1.807) is 0 Å². The van der Waals surface area contributed by atoms with Crippen molar-refractivity contribution in [3.63, 3.8) is 0 Å². The van der Waals surface area contributed by atoms with Crippen LogP contribution in [0.3, 0.4) is 0 Å². The van der Waals surface area contributed by atoms with E-state index in [0.717, 1.165) is 30.7 Å². The molecule has 0 radical (unpaired) electrons. The molecule has 1 rings (SSSR count). The molecule has 1 aromatic carbocycles. The molecule has 0 saturated carbocycles. The van der Waals surface area contributed by atoms with Gasteiger partial charge in [0.2, 0.25) is 0 Å². The average molecular weight is 251 g/mol. The summed E-state index contributed by atoms with van der Waals surface area (Å²) in [7, 11) is 0. The van der Waals surface area contributed by atoms with E-state index in [1.165, 1.54) is 0 Å². The minimum atomic E-state index is -0.0198. The number of hydrogen-bond donors (Lipinski definition) is 2. The van der Waals surface area contributed by atoms with Crippen LogP contribution in [-0.2, 0) is 6.54 Å². The van der Waals surface area contributed by atoms with Gasteiger partial charge in [-0.1, -0.05) is 25.1 Å². The van der Waals surface area contributed by atoms with Crippen LogP contribution in [0, 0.1) is 0 Å². The second-order valence-electron chi connectivity index (χ2n) is 4.78. The van der Waals surface area contributed by atoms with E-state index in [-0.39, 0.29) is 12.1 Å². The van der Waals surface area contributed by atoms with Crippen LogP contribution in [0.5, 0.6) is 5.75 Å². The number of ether oxygens (including phenoxy) is 1. The summed E-state index contributed by atoms with van der Waals surface area (Å²) in [6.45, 7) is 7.93. The monoisotopic (exact) mass is 251 g/mol. The number of aliphatic hydroxyl groups excluding tert-OH is 1. The normalized spacial score (nSPS) is 14.2. The first-order chi connectivity index (χ1) is 8.65. The first-order valence-corrected chi connectivity index (χ1v) is 6.71. The molecule has 0 aliphatic carbocycles. The quantitative estimate of drug-likeness (QED) is 0.746. The molecule has 3 nitrogen and oxygen atoms in total. The van der Waals surface area contributed by atoms with Crippen LogP contribution < -0.4 is 10.1 Å². The fourth-order valence-electron chi connectivity index (χ4n) is 1.89. The Morgan fingerprint density at radius 1 is 1.28 bits per heavy atom. The highest BCUT2D eigenvalue weighted by Gasteiger charge is 2.20. The molecule has 0 aromatic heterocycles. The summed E-state index contributed by atoms with van der Waals surface area (Å²) in [5.74, 6) is 0.940. The zero-order chi connectivity index (χ0) is 13.4. The van der Waals surface area contributed by atoms with Crippen molar-refractivity contribution in [2.45, 2.75) is 45.7 Å². The summed E-state index contributed by atoms with van der Waals surface area (Å²) in [6.07, 6.45) is 1.75. The molecule has 0 amide bonds. The average Bonchev–Trinajstić information content (AvgIpc) is 2.38. The minimum Gasteiger partial charge on any atom is -0.494 e. The maximum Gasteiger partial charge on any atom is 0.123 e. The molecular formula is C15H25NO2. The summed E-state index contributed by atoms with van der Waals surface area (Å²) in [5, 5.41) is 12.6. The molecule has 3 heteroatoms. The van der Waals surface area contributed by atoms with Gasteiger partial charge in [-0.3, -0.25) is 0 Å². The molecule has 18 heavy (non-hydrogen) atoms. The van der Waals surface area contributed by atoms with Crippen molar-refractivity contribution in [1.82, 2.24) is 5.32 Å². The summed E-state index contributed by atoms with van der Waals surface area (Å²) < 4.78 is 5.61. The van der Waals surface area contributed by atoms with Crippen LogP contribution in [0.2, 0.25) is 0 Å². The van der Waals surface area contributed by atoms with E-state index in [9.17, 15) is 0 Å². The Hall–Kier alpha value is -1.06. The van der Waals surface area contributed by atoms with Crippen LogP contribution >= 0.6 is 0 Å². The topological polar surface area (TPSA) is 41.5 Å². The lowest BCUT2D eigenvalue weighted by Crippen LogP contribution is -2.42. The number of hydrogen-bond acceptors (Lipinski definition) is 3. The third kappa shape index (κ3) is 4.31. The van der Waals surface area contributed by atoms with E-state index in [4.69, 9.17) is 9.84 Å². The van der Waals surface area contributed by atoms with Gasteiger partial charge in [-0.25, -0.2) is 0 Å². The standard InChI is InChI=1S/C15H25NO2/c1-4-15(3,10-11-17)16-12-13-8-6-7-9-14(13)18-5-2/h6-9,16-17H,4-5,10-12H2,1-3H3. The maximum atomic E-state index is 9.10. The Kier molecular flexibility index (Phi) is 6.16. The maximum absolute atomic E-state index is 9.10. The van der Waals surface area contributed by atoms with Crippen molar-refractivity contribution in [3.05, 3.63) is 29.8 Å². The summed E-state index contributed by atoms with van der Waals surface area (Å²) >= 11 is 0. The lowest BCUT2D eigenvalue weighted by molar-refractivity contribution is 0.214. The second kappa shape index (κ2) is 7.39. The van der Waals surface area contributed by atoms with Gasteiger partial charge in [0.15, 0.2) is 0 Å². The second-order valence-corrected chi connectivity index (χ2v) is 4.78. The fraction of sp³-hybridized carbons (Fsp3) is 0.600. The van der Waals surface area contributed by atoms with Gasteiger partial charge in [-0.2, -0.15) is 0 Å². The molecule has 1 unspecified atom stereocenters. The van der Waals surface area contributed by atoms with Crippen LogP contribution in [-0.4, -0.2) is 23.9 Å². The van der Waals surface area contributed by atoms with Crippen molar-refractivity contribution in [2.75, 3.05) is 13.2 Å². The van der Waals surface area contributed by atoms with Crippen molar-refractivity contribution in [2.24, 2.45) is 0 Å². The zero-order valence-electron chi connectivity index (χ0n) is 11.7. The van der Waals surface area contributed by atoms with Crippen LogP contribution in [0.25, 0.3) is 0 Å². The third-order valence-corrected chi connectivity index (χ3v) is 3.42. The first-order valence-electron chi connectivity index (χ1n) is 6.71. The molecule has 0 fully saturated rings. The molecule has 0 saturated heterocycles. The van der Waals surface area contributed by atoms with E-state index in [0.29, 0.717) is 6.61 Å². The molecule has 0 aliphatic heterocycles. The van der Waals surface area contributed by atoms with Gasteiger partial charge in [-0.15, -0.1) is 0 Å². The first kappa shape index (κ1) is 15.0. The van der Waals surface area contributed by atoms with Gasteiger partial charge in [0.1, 0.15) is 5.75 Å². The Labute approximate surface area is 110 Å². The Bertz CT molecular complexity index is 354. The van der Waals surface area contributed by atoms with Gasteiger partial charge in [0, 0.05) is 24.3 Å². The van der Waals surface area contributed by atoms with Gasteiger partial charge in [0.05, 0.1) is 6.61 Å². The number of rotatable bonds is 8. The molecule has 1 atom stereocenters. The highest BCUT2D eigenvalue weighted by molar-refractivity contribution is 5.33. The summed E-state index contributed by atoms with van der Waals surface area (Å²) in [5.41, 5.74) is 1.14. The van der Waals surface area contributed by atoms with Crippen LogP contribution in [0.4, 0.5) is 0 Å². The largest absolute Gasteiger partial charge is 0.494 e. The molecule has 2 N–H and O–H groups in total. The molecule has 102 valence electrons. The minimum absolute atomic E-state index is 0.0198. The van der Waals surface area contributed by atoms with Crippen molar-refractivity contribution in [1.29, 1.82) is 0 Å². The van der Waals surface area contributed by atoms with Crippen molar-refractivity contribution >= 4 is 0 Å². The van der Waals surface area contributed by atoms with Crippen molar-refractivity contribution in [3.8, 4) is 5.75 Å². The lowest BCUT2D eigenvalue weighted by Gasteiger charge is -2.29. The Balaban J connectivity index is 2.67. The van der Waals surface area contributed by atoms with Crippen LogP contribution in [0.15, 0.2) is 24.3 Å². The molecular weight excluding hydrogens is 226 g/mol. The molecule has 0 spiro atoms. The number of benzene rings is 1. The van der Waals surface area contributed by atoms with E-state index in [2.05, 4.69) is 25.2 Å². The van der Waals surface area contributed by atoms with Gasteiger partial charge < -0.3 is 15.2 Å². The lowest BCUT2D eigenvalue weighted by atomic mass is 9.94. The number of nitrogens with one attached hydrogen (secondary N) is 1. The predicted octanol–water partition coefficient (Wildman–Crippen LogP) is 2.73. The van der Waals surface area contributed by atoms with E-state index >= 15 is 0 Å². The van der Waals surface area contributed by atoms with Gasteiger partial charge in [-0.05, 0) is 32.8 Å². The molecule has 0 bridgehead atoms.